The molecular weight excluding hydrogens is 234 g/mol. The van der Waals surface area contributed by atoms with E-state index in [4.69, 9.17) is 4.74 Å². The van der Waals surface area contributed by atoms with E-state index in [0.29, 0.717) is 17.7 Å². The van der Waals surface area contributed by atoms with Crippen molar-refractivity contribution in [2.24, 2.45) is 5.92 Å². The summed E-state index contributed by atoms with van der Waals surface area (Å²) in [6.45, 7) is 3.46. The second-order valence-electron chi connectivity index (χ2n) is 7.26. The lowest BCUT2D eigenvalue weighted by atomic mass is 9.83. The van der Waals surface area contributed by atoms with Crippen molar-refractivity contribution in [1.29, 1.82) is 0 Å². The van der Waals surface area contributed by atoms with Crippen LogP contribution in [0.1, 0.15) is 77.6 Å². The Morgan fingerprint density at radius 2 is 1.74 bits per heavy atom. The molecule has 0 aromatic carbocycles. The Morgan fingerprint density at radius 1 is 1.00 bits per heavy atom. The second kappa shape index (κ2) is 6.13. The average Bonchev–Trinajstić information content (AvgIpc) is 3.08. The largest absolute Gasteiger partial charge is 0.370 e. The lowest BCUT2D eigenvalue weighted by molar-refractivity contribution is -0.0631. The Labute approximate surface area is 118 Å². The molecule has 2 saturated carbocycles. The summed E-state index contributed by atoms with van der Waals surface area (Å²) in [4.78, 5) is 0. The van der Waals surface area contributed by atoms with Crippen molar-refractivity contribution in [2.75, 3.05) is 6.54 Å². The van der Waals surface area contributed by atoms with Crippen molar-refractivity contribution in [3.8, 4) is 0 Å². The van der Waals surface area contributed by atoms with Gasteiger partial charge in [0.15, 0.2) is 0 Å². The maximum absolute atomic E-state index is 6.44. The van der Waals surface area contributed by atoms with Gasteiger partial charge in [-0.25, -0.2) is 0 Å². The van der Waals surface area contributed by atoms with Crippen molar-refractivity contribution in [2.45, 2.75) is 95.3 Å². The number of hydrogen-bond acceptors (Lipinski definition) is 2. The zero-order valence-electron chi connectivity index (χ0n) is 12.6. The van der Waals surface area contributed by atoms with Gasteiger partial charge in [-0.15, -0.1) is 0 Å². The summed E-state index contributed by atoms with van der Waals surface area (Å²) in [7, 11) is 0. The van der Waals surface area contributed by atoms with E-state index < -0.39 is 0 Å². The molecule has 2 heteroatoms. The summed E-state index contributed by atoms with van der Waals surface area (Å²) in [5.41, 5.74) is 0.293. The molecule has 1 spiro atoms. The van der Waals surface area contributed by atoms with E-state index in [1.807, 2.05) is 0 Å². The quantitative estimate of drug-likeness (QED) is 0.828. The van der Waals surface area contributed by atoms with E-state index in [2.05, 4.69) is 12.2 Å². The highest BCUT2D eigenvalue weighted by atomic mass is 16.5. The van der Waals surface area contributed by atoms with Gasteiger partial charge in [0, 0.05) is 12.6 Å². The molecular formula is C17H31NO. The summed E-state index contributed by atoms with van der Waals surface area (Å²) in [6.07, 6.45) is 15.7. The van der Waals surface area contributed by atoms with Crippen molar-refractivity contribution >= 4 is 0 Å². The number of hydrogen-bond donors (Lipinski definition) is 1. The van der Waals surface area contributed by atoms with Crippen LogP contribution in [0.5, 0.6) is 0 Å². The standard InChI is InChI=1S/C17H31NO/c1-14(15-7-3-4-8-15)18-13-16-9-12-17(19-16)10-5-2-6-11-17/h14-16,18H,2-13H2,1H3/t14-,16?/m0/s1. The minimum atomic E-state index is 0.293. The first-order valence-electron chi connectivity index (χ1n) is 8.69. The average molecular weight is 265 g/mol. The van der Waals surface area contributed by atoms with E-state index >= 15 is 0 Å². The van der Waals surface area contributed by atoms with E-state index in [1.165, 1.54) is 70.6 Å². The van der Waals surface area contributed by atoms with Gasteiger partial charge in [0.25, 0.3) is 0 Å². The Balaban J connectivity index is 1.41. The fourth-order valence-electron chi connectivity index (χ4n) is 4.54. The van der Waals surface area contributed by atoms with Crippen LogP contribution in [0, 0.1) is 5.92 Å². The van der Waals surface area contributed by atoms with Gasteiger partial charge in [0.1, 0.15) is 0 Å². The summed E-state index contributed by atoms with van der Waals surface area (Å²) < 4.78 is 6.44. The number of rotatable bonds is 4. The molecule has 3 rings (SSSR count). The van der Waals surface area contributed by atoms with E-state index in [-0.39, 0.29) is 0 Å². The third-order valence-corrected chi connectivity index (χ3v) is 5.88. The molecule has 1 N–H and O–H groups in total. The predicted molar refractivity (Wildman–Crippen MR) is 79.3 cm³/mol. The minimum Gasteiger partial charge on any atom is -0.370 e. The molecule has 3 aliphatic rings. The lowest BCUT2D eigenvalue weighted by Crippen LogP contribution is -2.39. The van der Waals surface area contributed by atoms with Crippen molar-refractivity contribution < 1.29 is 4.74 Å². The maximum Gasteiger partial charge on any atom is 0.0708 e. The molecule has 19 heavy (non-hydrogen) atoms. The monoisotopic (exact) mass is 265 g/mol. The van der Waals surface area contributed by atoms with Gasteiger partial charge in [-0.2, -0.15) is 0 Å². The van der Waals surface area contributed by atoms with Crippen LogP contribution >= 0.6 is 0 Å². The first kappa shape index (κ1) is 13.9. The van der Waals surface area contributed by atoms with Gasteiger partial charge in [-0.1, -0.05) is 32.1 Å². The molecule has 2 aliphatic carbocycles. The van der Waals surface area contributed by atoms with Crippen LogP contribution < -0.4 is 5.32 Å². The minimum absolute atomic E-state index is 0.293. The van der Waals surface area contributed by atoms with Gasteiger partial charge < -0.3 is 10.1 Å². The molecule has 0 aromatic rings. The summed E-state index contributed by atoms with van der Waals surface area (Å²) in [5, 5.41) is 3.76. The summed E-state index contributed by atoms with van der Waals surface area (Å²) in [5.74, 6) is 0.921. The van der Waals surface area contributed by atoms with Crippen molar-refractivity contribution in [1.82, 2.24) is 5.32 Å². The molecule has 1 unspecified atom stereocenters. The zero-order chi connectivity index (χ0) is 13.1. The zero-order valence-corrected chi connectivity index (χ0v) is 12.6. The van der Waals surface area contributed by atoms with Gasteiger partial charge in [0.05, 0.1) is 11.7 Å². The van der Waals surface area contributed by atoms with Crippen molar-refractivity contribution in [3.05, 3.63) is 0 Å². The lowest BCUT2D eigenvalue weighted by Gasteiger charge is -2.33. The van der Waals surface area contributed by atoms with E-state index in [9.17, 15) is 0 Å². The van der Waals surface area contributed by atoms with Gasteiger partial charge in [0.2, 0.25) is 0 Å². The van der Waals surface area contributed by atoms with Crippen LogP contribution in [0.4, 0.5) is 0 Å². The molecule has 2 atom stereocenters. The van der Waals surface area contributed by atoms with Crippen LogP contribution in [0.15, 0.2) is 0 Å². The highest BCUT2D eigenvalue weighted by Gasteiger charge is 2.40. The van der Waals surface area contributed by atoms with Crippen LogP contribution in [-0.2, 0) is 4.74 Å². The van der Waals surface area contributed by atoms with Crippen LogP contribution in [0.2, 0.25) is 0 Å². The molecule has 0 amide bonds. The maximum atomic E-state index is 6.44. The molecule has 1 heterocycles. The van der Waals surface area contributed by atoms with Crippen LogP contribution in [0.25, 0.3) is 0 Å². The van der Waals surface area contributed by atoms with Crippen LogP contribution in [-0.4, -0.2) is 24.3 Å². The Hall–Kier alpha value is -0.0800. The Morgan fingerprint density at radius 3 is 2.47 bits per heavy atom. The predicted octanol–water partition coefficient (Wildman–Crippen LogP) is 4.04. The molecule has 110 valence electrons. The molecule has 2 nitrogen and oxygen atoms in total. The highest BCUT2D eigenvalue weighted by molar-refractivity contribution is 4.92. The molecule has 0 radical (unpaired) electrons. The van der Waals surface area contributed by atoms with E-state index in [0.717, 1.165) is 12.5 Å². The third kappa shape index (κ3) is 3.33. The normalized spacial score (nSPS) is 33.0. The first-order valence-corrected chi connectivity index (χ1v) is 8.69. The fourth-order valence-corrected chi connectivity index (χ4v) is 4.54. The highest BCUT2D eigenvalue weighted by Crippen LogP contribution is 2.41. The summed E-state index contributed by atoms with van der Waals surface area (Å²) in [6, 6.07) is 0.689. The van der Waals surface area contributed by atoms with Gasteiger partial charge in [-0.3, -0.25) is 0 Å². The van der Waals surface area contributed by atoms with Gasteiger partial charge >= 0.3 is 0 Å². The second-order valence-corrected chi connectivity index (χ2v) is 7.26. The Bertz CT molecular complexity index is 279. The molecule has 0 aromatic heterocycles. The summed E-state index contributed by atoms with van der Waals surface area (Å²) >= 11 is 0. The molecule has 1 saturated heterocycles. The van der Waals surface area contributed by atoms with Crippen LogP contribution in [0.3, 0.4) is 0 Å². The SMILES string of the molecule is C[C@H](NCC1CCC2(CCCCC2)O1)C1CCCC1. The Kier molecular flexibility index (Phi) is 4.48. The number of nitrogens with one attached hydrogen (secondary N) is 1. The topological polar surface area (TPSA) is 21.3 Å². The third-order valence-electron chi connectivity index (χ3n) is 5.88. The molecule has 1 aliphatic heterocycles. The van der Waals surface area contributed by atoms with Gasteiger partial charge in [-0.05, 0) is 51.4 Å². The molecule has 3 fully saturated rings. The molecule has 0 bridgehead atoms. The van der Waals surface area contributed by atoms with Crippen molar-refractivity contribution in [3.63, 3.8) is 0 Å². The smallest absolute Gasteiger partial charge is 0.0708 e. The fraction of sp³-hybridized carbons (Fsp3) is 1.00. The van der Waals surface area contributed by atoms with E-state index in [1.54, 1.807) is 0 Å². The first-order chi connectivity index (χ1) is 9.27. The number of ether oxygens (including phenoxy) is 1.